The van der Waals surface area contributed by atoms with Gasteiger partial charge in [-0.25, -0.2) is 4.79 Å². The third-order valence-electron chi connectivity index (χ3n) is 3.17. The Morgan fingerprint density at radius 2 is 2.10 bits per heavy atom. The summed E-state index contributed by atoms with van der Waals surface area (Å²) in [5.41, 5.74) is 6.17. The molecule has 0 unspecified atom stereocenters. The van der Waals surface area contributed by atoms with Gasteiger partial charge in [0.2, 0.25) is 0 Å². The number of nitriles is 1. The van der Waals surface area contributed by atoms with Crippen molar-refractivity contribution in [3.8, 4) is 11.8 Å². The van der Waals surface area contributed by atoms with Crippen LogP contribution in [-0.4, -0.2) is 19.7 Å². The van der Waals surface area contributed by atoms with Gasteiger partial charge in [-0.1, -0.05) is 0 Å². The molecule has 114 valence electrons. The fourth-order valence-corrected chi connectivity index (χ4v) is 1.85. The van der Waals surface area contributed by atoms with E-state index in [1.165, 1.54) is 7.11 Å². The van der Waals surface area contributed by atoms with Crippen molar-refractivity contribution in [1.82, 2.24) is 0 Å². The van der Waals surface area contributed by atoms with Crippen LogP contribution in [0.25, 0.3) is 0 Å². The summed E-state index contributed by atoms with van der Waals surface area (Å²) < 4.78 is 10.3. The molecule has 0 bridgehead atoms. The SMILES string of the molecule is COC(=O)c1cc(N)ccc1OCCCCC(C)(C)C#N. The zero-order valence-corrected chi connectivity index (χ0v) is 12.8. The Hall–Kier alpha value is -2.22. The van der Waals surface area contributed by atoms with Crippen molar-refractivity contribution in [1.29, 1.82) is 5.26 Å². The number of nitrogens with two attached hydrogens (primary N) is 1. The molecule has 0 amide bonds. The molecule has 0 radical (unpaired) electrons. The van der Waals surface area contributed by atoms with Crippen molar-refractivity contribution in [2.75, 3.05) is 19.5 Å². The summed E-state index contributed by atoms with van der Waals surface area (Å²) in [4.78, 5) is 11.7. The van der Waals surface area contributed by atoms with Gasteiger partial charge in [-0.15, -0.1) is 0 Å². The molecule has 0 atom stereocenters. The van der Waals surface area contributed by atoms with Crippen molar-refractivity contribution < 1.29 is 14.3 Å². The van der Waals surface area contributed by atoms with Crippen molar-refractivity contribution in [3.05, 3.63) is 23.8 Å². The van der Waals surface area contributed by atoms with Crippen LogP contribution in [0.3, 0.4) is 0 Å². The maximum atomic E-state index is 11.7. The molecular formula is C16H22N2O3. The Bertz CT molecular complexity index is 533. The van der Waals surface area contributed by atoms with E-state index in [0.29, 0.717) is 23.6 Å². The Kier molecular flexibility index (Phi) is 6.04. The Balaban J connectivity index is 2.53. The highest BCUT2D eigenvalue weighted by atomic mass is 16.5. The van der Waals surface area contributed by atoms with Gasteiger partial charge in [-0.2, -0.15) is 5.26 Å². The molecule has 2 N–H and O–H groups in total. The zero-order valence-electron chi connectivity index (χ0n) is 12.8. The van der Waals surface area contributed by atoms with Gasteiger partial charge >= 0.3 is 5.97 Å². The van der Waals surface area contributed by atoms with E-state index in [9.17, 15) is 4.79 Å². The van der Waals surface area contributed by atoms with Gasteiger partial charge < -0.3 is 15.2 Å². The van der Waals surface area contributed by atoms with Crippen LogP contribution in [0.4, 0.5) is 5.69 Å². The van der Waals surface area contributed by atoms with E-state index in [4.69, 9.17) is 20.5 Å². The number of anilines is 1. The van der Waals surface area contributed by atoms with Gasteiger partial charge in [0.25, 0.3) is 0 Å². The molecule has 5 nitrogen and oxygen atoms in total. The average molecular weight is 290 g/mol. The molecule has 21 heavy (non-hydrogen) atoms. The smallest absolute Gasteiger partial charge is 0.341 e. The molecular weight excluding hydrogens is 268 g/mol. The number of hydrogen-bond donors (Lipinski definition) is 1. The summed E-state index contributed by atoms with van der Waals surface area (Å²) in [5, 5.41) is 8.93. The maximum absolute atomic E-state index is 11.7. The lowest BCUT2D eigenvalue weighted by atomic mass is 9.89. The summed E-state index contributed by atoms with van der Waals surface area (Å²) in [6, 6.07) is 7.16. The molecule has 0 spiro atoms. The number of benzene rings is 1. The van der Waals surface area contributed by atoms with Crippen molar-refractivity contribution in [2.24, 2.45) is 5.41 Å². The van der Waals surface area contributed by atoms with Gasteiger partial charge in [-0.3, -0.25) is 0 Å². The summed E-state index contributed by atoms with van der Waals surface area (Å²) >= 11 is 0. The van der Waals surface area contributed by atoms with Crippen LogP contribution in [-0.2, 0) is 4.74 Å². The van der Waals surface area contributed by atoms with Crippen LogP contribution in [0, 0.1) is 16.7 Å². The Morgan fingerprint density at radius 3 is 2.71 bits per heavy atom. The molecule has 1 aromatic rings. The van der Waals surface area contributed by atoms with Gasteiger partial charge in [0, 0.05) is 5.69 Å². The van der Waals surface area contributed by atoms with E-state index in [1.807, 2.05) is 13.8 Å². The van der Waals surface area contributed by atoms with Crippen molar-refractivity contribution in [3.63, 3.8) is 0 Å². The molecule has 0 aromatic heterocycles. The first kappa shape index (κ1) is 16.8. The van der Waals surface area contributed by atoms with Crippen LogP contribution in [0.2, 0.25) is 0 Å². The minimum absolute atomic E-state index is 0.307. The predicted molar refractivity (Wildman–Crippen MR) is 80.9 cm³/mol. The molecule has 0 saturated heterocycles. The standard InChI is InChI=1S/C16H22N2O3/c1-16(2,11-17)8-4-5-9-21-14-7-6-12(18)10-13(14)15(19)20-3/h6-7,10H,4-5,8-9,18H2,1-3H3. The molecule has 0 fully saturated rings. The summed E-state index contributed by atoms with van der Waals surface area (Å²) in [6.45, 7) is 4.32. The number of esters is 1. The number of rotatable bonds is 7. The third-order valence-corrected chi connectivity index (χ3v) is 3.17. The quantitative estimate of drug-likeness (QED) is 0.473. The third kappa shape index (κ3) is 5.35. The van der Waals surface area contributed by atoms with Crippen LogP contribution >= 0.6 is 0 Å². The number of methoxy groups -OCH3 is 1. The topological polar surface area (TPSA) is 85.3 Å². The van der Waals surface area contributed by atoms with E-state index in [0.717, 1.165) is 19.3 Å². The predicted octanol–water partition coefficient (Wildman–Crippen LogP) is 3.15. The van der Waals surface area contributed by atoms with Gasteiger partial charge in [0.05, 0.1) is 25.2 Å². The first-order valence-electron chi connectivity index (χ1n) is 6.91. The summed E-state index contributed by atoms with van der Waals surface area (Å²) in [5.74, 6) is -0.00138. The second kappa shape index (κ2) is 7.53. The first-order valence-corrected chi connectivity index (χ1v) is 6.91. The first-order chi connectivity index (χ1) is 9.89. The number of ether oxygens (including phenoxy) is 2. The lowest BCUT2D eigenvalue weighted by Crippen LogP contribution is -2.10. The Morgan fingerprint density at radius 1 is 1.38 bits per heavy atom. The van der Waals surface area contributed by atoms with Crippen molar-refractivity contribution in [2.45, 2.75) is 33.1 Å². The number of unbranched alkanes of at least 4 members (excludes halogenated alkanes) is 1. The van der Waals surface area contributed by atoms with Crippen LogP contribution in [0.15, 0.2) is 18.2 Å². The summed E-state index contributed by atoms with van der Waals surface area (Å²) in [7, 11) is 1.32. The summed E-state index contributed by atoms with van der Waals surface area (Å²) in [6.07, 6.45) is 2.53. The number of hydrogen-bond acceptors (Lipinski definition) is 5. The molecule has 0 aliphatic carbocycles. The minimum atomic E-state index is -0.470. The fraction of sp³-hybridized carbons (Fsp3) is 0.500. The molecule has 0 heterocycles. The number of carbonyl (C=O) groups excluding carboxylic acids is 1. The van der Waals surface area contributed by atoms with E-state index in [1.54, 1.807) is 18.2 Å². The van der Waals surface area contributed by atoms with Crippen molar-refractivity contribution >= 4 is 11.7 Å². The number of nitrogens with zero attached hydrogens (tertiary/aromatic N) is 1. The van der Waals surface area contributed by atoms with Gasteiger partial charge in [-0.05, 0) is 51.3 Å². The molecule has 5 heteroatoms. The number of carbonyl (C=O) groups is 1. The number of nitrogen functional groups attached to an aromatic ring is 1. The van der Waals surface area contributed by atoms with Crippen LogP contribution in [0.5, 0.6) is 5.75 Å². The van der Waals surface area contributed by atoms with Gasteiger partial charge in [0.1, 0.15) is 11.3 Å². The highest BCUT2D eigenvalue weighted by Gasteiger charge is 2.16. The normalized spacial score (nSPS) is 10.8. The van der Waals surface area contributed by atoms with E-state index >= 15 is 0 Å². The average Bonchev–Trinajstić information content (AvgIpc) is 2.47. The minimum Gasteiger partial charge on any atom is -0.493 e. The molecule has 0 aliphatic heterocycles. The Labute approximate surface area is 125 Å². The maximum Gasteiger partial charge on any atom is 0.341 e. The van der Waals surface area contributed by atoms with Crippen LogP contribution < -0.4 is 10.5 Å². The second-order valence-electron chi connectivity index (χ2n) is 5.55. The van der Waals surface area contributed by atoms with E-state index in [2.05, 4.69) is 6.07 Å². The van der Waals surface area contributed by atoms with Crippen LogP contribution in [0.1, 0.15) is 43.5 Å². The highest BCUT2D eigenvalue weighted by Crippen LogP contribution is 2.24. The second-order valence-corrected chi connectivity index (χ2v) is 5.55. The fourth-order valence-electron chi connectivity index (χ4n) is 1.85. The molecule has 0 saturated carbocycles. The highest BCUT2D eigenvalue weighted by molar-refractivity contribution is 5.93. The molecule has 1 rings (SSSR count). The lowest BCUT2D eigenvalue weighted by molar-refractivity contribution is 0.0596. The largest absolute Gasteiger partial charge is 0.493 e. The lowest BCUT2D eigenvalue weighted by Gasteiger charge is -2.15. The van der Waals surface area contributed by atoms with E-state index in [-0.39, 0.29) is 5.41 Å². The van der Waals surface area contributed by atoms with Gasteiger partial charge in [0.15, 0.2) is 0 Å². The monoisotopic (exact) mass is 290 g/mol. The van der Waals surface area contributed by atoms with E-state index < -0.39 is 5.97 Å². The zero-order chi connectivity index (χ0) is 15.9. The molecule has 0 aliphatic rings. The molecule has 1 aromatic carbocycles.